The Hall–Kier alpha value is -4.54. The van der Waals surface area contributed by atoms with E-state index in [1.54, 1.807) is 0 Å². The third kappa shape index (κ3) is 34.5. The van der Waals surface area contributed by atoms with Gasteiger partial charge in [0.1, 0.15) is 0 Å². The molecule has 5 aromatic carbocycles. The molecule has 0 aromatic heterocycles. The lowest BCUT2D eigenvalue weighted by molar-refractivity contribution is -0.285. The minimum atomic E-state index is -0.513. The molecule has 0 amide bonds. The Morgan fingerprint density at radius 1 is 0.246 bits per heavy atom. The lowest BCUT2D eigenvalue weighted by atomic mass is 9.79. The lowest BCUT2D eigenvalue weighted by Crippen LogP contribution is -2.44. The summed E-state index contributed by atoms with van der Waals surface area (Å²) in [6, 6.07) is 49.8. The van der Waals surface area contributed by atoms with Crippen LogP contribution >= 0.6 is 0 Å². The van der Waals surface area contributed by atoms with Crippen LogP contribution in [-0.2, 0) is 102 Å². The van der Waals surface area contributed by atoms with Gasteiger partial charge in [0.25, 0.3) is 0 Å². The van der Waals surface area contributed by atoms with Crippen molar-refractivity contribution in [1.29, 1.82) is 0 Å². The second-order valence-corrected chi connectivity index (χ2v) is 39.7. The van der Waals surface area contributed by atoms with Gasteiger partial charge in [-0.05, 0) is 197 Å². The quantitative estimate of drug-likeness (QED) is 0.117. The highest BCUT2D eigenvalue weighted by Gasteiger charge is 2.42. The molecule has 8 aliphatic heterocycles. The summed E-state index contributed by atoms with van der Waals surface area (Å²) in [6.07, 6.45) is 42.2. The molecule has 4 unspecified atom stereocenters. The van der Waals surface area contributed by atoms with E-state index in [0.717, 1.165) is 153 Å². The van der Waals surface area contributed by atoms with Gasteiger partial charge in [0.15, 0.2) is 46.3 Å². The molecule has 0 spiro atoms. The van der Waals surface area contributed by atoms with Crippen molar-refractivity contribution in [1.82, 2.24) is 0 Å². The van der Waals surface area contributed by atoms with Crippen LogP contribution < -0.4 is 0 Å². The molecular weight excluding hydrogens is 1530 g/mol. The number of fused-ring (bicyclic) bond motifs is 2. The van der Waals surface area contributed by atoms with E-state index in [-0.39, 0.29) is 29.3 Å². The first-order valence-electron chi connectivity index (χ1n) is 48.3. The molecule has 0 N–H and O–H groups in total. The minimum absolute atomic E-state index is 0.181. The second-order valence-electron chi connectivity index (χ2n) is 39.7. The van der Waals surface area contributed by atoms with Gasteiger partial charge in [-0.15, -0.1) is 0 Å². The molecule has 7 saturated heterocycles. The van der Waals surface area contributed by atoms with Crippen molar-refractivity contribution in [2.24, 2.45) is 41.4 Å². The van der Waals surface area contributed by atoms with E-state index in [9.17, 15) is 0 Å². The van der Waals surface area contributed by atoms with Crippen LogP contribution in [0.2, 0.25) is 0 Å². The molecule has 5 saturated carbocycles. The molecule has 682 valence electrons. The van der Waals surface area contributed by atoms with E-state index in [4.69, 9.17) is 75.8 Å². The van der Waals surface area contributed by atoms with Gasteiger partial charge in [-0.2, -0.15) is 0 Å². The predicted molar refractivity (Wildman–Crippen MR) is 485 cm³/mol. The molecule has 8 heterocycles. The van der Waals surface area contributed by atoms with E-state index >= 15 is 0 Å². The largest absolute Gasteiger partial charge is 0.350 e. The molecular formula is C106H162O16. The fourth-order valence-electron chi connectivity index (χ4n) is 19.7. The Labute approximate surface area is 737 Å². The number of rotatable bonds is 12. The van der Waals surface area contributed by atoms with Crippen molar-refractivity contribution in [2.45, 2.75) is 366 Å². The van der Waals surface area contributed by atoms with Crippen LogP contribution in [-0.4, -0.2) is 132 Å². The molecule has 5 aromatic rings. The van der Waals surface area contributed by atoms with Crippen LogP contribution in [0.5, 0.6) is 0 Å². The van der Waals surface area contributed by atoms with Gasteiger partial charge in [-0.1, -0.05) is 274 Å². The Morgan fingerprint density at radius 2 is 0.582 bits per heavy atom. The fourth-order valence-corrected chi connectivity index (χ4v) is 19.7. The Morgan fingerprint density at radius 3 is 1.01 bits per heavy atom. The maximum atomic E-state index is 6.25. The summed E-state index contributed by atoms with van der Waals surface area (Å²) in [5.74, 6) is 2.84. The zero-order valence-corrected chi connectivity index (χ0v) is 77.7. The molecule has 12 fully saturated rings. The maximum Gasteiger partial charge on any atom is 0.176 e. The molecule has 16 nitrogen and oxygen atoms in total. The maximum absolute atomic E-state index is 6.25. The molecule has 122 heavy (non-hydrogen) atoms. The van der Waals surface area contributed by atoms with Gasteiger partial charge < -0.3 is 75.8 Å². The van der Waals surface area contributed by atoms with Gasteiger partial charge >= 0.3 is 0 Å². The molecule has 4 atom stereocenters. The van der Waals surface area contributed by atoms with Gasteiger partial charge in [-0.25, -0.2) is 0 Å². The highest BCUT2D eigenvalue weighted by molar-refractivity contribution is 5.27. The number of hydrogen-bond acceptors (Lipinski definition) is 16. The minimum Gasteiger partial charge on any atom is -0.350 e. The van der Waals surface area contributed by atoms with Crippen molar-refractivity contribution in [3.63, 3.8) is 0 Å². The molecule has 18 rings (SSSR count). The Bertz CT molecular complexity index is 3480. The first kappa shape index (κ1) is 98.1. The molecule has 0 radical (unpaired) electrons. The zero-order chi connectivity index (χ0) is 86.0. The summed E-state index contributed by atoms with van der Waals surface area (Å²) in [6.45, 7) is 35.2. The second kappa shape index (κ2) is 49.3. The highest BCUT2D eigenvalue weighted by atomic mass is 16.7. The van der Waals surface area contributed by atoms with Gasteiger partial charge in [0.2, 0.25) is 0 Å². The number of benzene rings is 5. The fraction of sp³-hybridized carbons (Fsp3) is 0.717. The van der Waals surface area contributed by atoms with E-state index < -0.39 is 23.1 Å². The first-order valence-corrected chi connectivity index (χ1v) is 48.3. The van der Waals surface area contributed by atoms with E-state index in [0.29, 0.717) is 31.2 Å². The summed E-state index contributed by atoms with van der Waals surface area (Å²) in [5, 5.41) is 0. The van der Waals surface area contributed by atoms with Gasteiger partial charge in [0, 0.05) is 43.9 Å². The van der Waals surface area contributed by atoms with Crippen molar-refractivity contribution in [3.8, 4) is 0 Å². The number of hydrogen-bond donors (Lipinski definition) is 0. The van der Waals surface area contributed by atoms with Crippen LogP contribution in [0.1, 0.15) is 321 Å². The Kier molecular flexibility index (Phi) is 39.6. The highest BCUT2D eigenvalue weighted by Crippen LogP contribution is 2.44. The predicted octanol–water partition coefficient (Wildman–Crippen LogP) is 25.2. The van der Waals surface area contributed by atoms with E-state index in [1.807, 2.05) is 132 Å². The van der Waals surface area contributed by atoms with Crippen LogP contribution in [0.15, 0.2) is 146 Å². The molecule has 13 aliphatic rings. The standard InChI is InChI=1S/C18H32O2.C18H20O2.C12H22O2.C12H16O2.C12H22O2.C12H16O2.C11H20O2.C11H14O2/c2*1-3-8-16(9-4-1)14-18(19-12-7-13-20-18)15-17-10-5-2-6-11-17;2*1-12(2)13-8-11(9-14-12)10-6-4-3-5-7-10;2*1-12(2)13-9-8-11(14-12)10-6-4-3-5-7-10;2*1-11(2)12-7-9-5-3-4-6-10(9)8-13-11/h16-17H,1-15H2;1-6,8-11H,7,12-15H2;10-11H,3-9H2,1-2H3;3-7,11H,8-9H2,1-2H3;10-11H,3-9H2,1-2H3;3-7,11H,8-9H2,1-2H3;9-10H,3-8H2,1-2H3;3-6H,7-8H2,1-2H3. The van der Waals surface area contributed by atoms with E-state index in [1.165, 1.54) is 200 Å². The number of ether oxygens (including phenoxy) is 16. The normalized spacial score (nSPS) is 27.0. The van der Waals surface area contributed by atoms with Crippen molar-refractivity contribution >= 4 is 0 Å². The molecule has 5 aliphatic carbocycles. The average Bonchev–Trinajstić information content (AvgIpc) is 1.33. The lowest BCUT2D eigenvalue weighted by Gasteiger charge is -2.43. The average molecular weight is 1690 g/mol. The van der Waals surface area contributed by atoms with Gasteiger partial charge in [0.05, 0.1) is 105 Å². The topological polar surface area (TPSA) is 148 Å². The van der Waals surface area contributed by atoms with Crippen molar-refractivity contribution in [2.75, 3.05) is 79.3 Å². The SMILES string of the molecule is C1CCC(CC2(CC3CCCCC3)OCCCO2)CC1.CC1(C)OCC(C2CCCCC2)CO1.CC1(C)OCC(c2ccccc2)CO1.CC1(C)OCC2CCCCC2CO1.CC1(C)OCCC(C2CCCCC2)O1.CC1(C)OCCC(c2ccccc2)O1.CC1(C)OCc2ccccc2CO1.c1ccc(CC2(Cc3ccccc3)OCCCO2)cc1. The summed E-state index contributed by atoms with van der Waals surface area (Å²) in [7, 11) is 0. The van der Waals surface area contributed by atoms with Gasteiger partial charge in [-0.3, -0.25) is 0 Å². The van der Waals surface area contributed by atoms with Crippen LogP contribution in [0.3, 0.4) is 0 Å². The summed E-state index contributed by atoms with van der Waals surface area (Å²) < 4.78 is 92.8. The summed E-state index contributed by atoms with van der Waals surface area (Å²) in [4.78, 5) is 0. The third-order valence-electron chi connectivity index (χ3n) is 27.0. The molecule has 0 bridgehead atoms. The van der Waals surface area contributed by atoms with Crippen molar-refractivity contribution in [3.05, 3.63) is 179 Å². The van der Waals surface area contributed by atoms with E-state index in [2.05, 4.69) is 97.1 Å². The van der Waals surface area contributed by atoms with Crippen molar-refractivity contribution < 1.29 is 75.8 Å². The smallest absolute Gasteiger partial charge is 0.176 e. The van der Waals surface area contributed by atoms with Crippen LogP contribution in [0.25, 0.3) is 0 Å². The zero-order valence-electron chi connectivity index (χ0n) is 77.7. The summed E-state index contributed by atoms with van der Waals surface area (Å²) >= 11 is 0. The Balaban J connectivity index is 0.000000137. The summed E-state index contributed by atoms with van der Waals surface area (Å²) in [5.41, 5.74) is 7.50. The third-order valence-corrected chi connectivity index (χ3v) is 27.0. The van der Waals surface area contributed by atoms with Crippen LogP contribution in [0.4, 0.5) is 0 Å². The molecule has 16 heteroatoms. The van der Waals surface area contributed by atoms with Crippen LogP contribution in [0, 0.1) is 41.4 Å². The first-order chi connectivity index (χ1) is 58.8. The monoisotopic (exact) mass is 1690 g/mol.